The van der Waals surface area contributed by atoms with Gasteiger partial charge < -0.3 is 21.3 Å². The van der Waals surface area contributed by atoms with Crippen molar-refractivity contribution < 1.29 is 8.42 Å². The molecule has 0 unspecified atom stereocenters. The summed E-state index contributed by atoms with van der Waals surface area (Å²) in [6.07, 6.45) is 5.08. The van der Waals surface area contributed by atoms with Gasteiger partial charge in [0, 0.05) is 36.7 Å². The van der Waals surface area contributed by atoms with E-state index in [-0.39, 0.29) is 10.8 Å². The number of aryl methyl sites for hydroxylation is 3. The normalized spacial score (nSPS) is 18.0. The minimum absolute atomic E-state index is 0.246. The van der Waals surface area contributed by atoms with Crippen molar-refractivity contribution in [2.45, 2.75) is 52.4 Å². The Bertz CT molecular complexity index is 1370. The summed E-state index contributed by atoms with van der Waals surface area (Å²) in [5.74, 6) is 2.06. The highest BCUT2D eigenvalue weighted by Gasteiger charge is 2.28. The average molecular weight is 589 g/mol. The molecule has 12 heteroatoms. The van der Waals surface area contributed by atoms with Crippen LogP contribution in [0.25, 0.3) is 0 Å². The Morgan fingerprint density at radius 2 is 1.93 bits per heavy atom. The van der Waals surface area contributed by atoms with Gasteiger partial charge >= 0.3 is 0 Å². The molecule has 218 valence electrons. The third kappa shape index (κ3) is 7.66. The quantitative estimate of drug-likeness (QED) is 0.229. The molecule has 3 heterocycles. The Hall–Kier alpha value is -2.86. The molecular weight excluding hydrogens is 548 g/mol. The number of aliphatic imine (C=N–C) groups is 1. The summed E-state index contributed by atoms with van der Waals surface area (Å²) < 4.78 is 26.2. The highest BCUT2D eigenvalue weighted by atomic mass is 35.5. The fourth-order valence-electron chi connectivity index (χ4n) is 5.18. The Kier molecular flexibility index (Phi) is 9.94. The first-order chi connectivity index (χ1) is 19.1. The van der Waals surface area contributed by atoms with Gasteiger partial charge in [0.2, 0.25) is 10.0 Å². The van der Waals surface area contributed by atoms with Gasteiger partial charge in [0.1, 0.15) is 5.82 Å². The number of aromatic amines is 1. The lowest BCUT2D eigenvalue weighted by atomic mass is 9.85. The van der Waals surface area contributed by atoms with E-state index >= 15 is 0 Å². The molecule has 0 bridgehead atoms. The molecule has 1 aromatic carbocycles. The van der Waals surface area contributed by atoms with Crippen molar-refractivity contribution >= 4 is 39.0 Å². The first kappa shape index (κ1) is 30.1. The van der Waals surface area contributed by atoms with Gasteiger partial charge in [-0.2, -0.15) is 5.10 Å². The van der Waals surface area contributed by atoms with E-state index in [0.29, 0.717) is 42.9 Å². The van der Waals surface area contributed by atoms with Gasteiger partial charge in [-0.3, -0.25) is 5.10 Å². The van der Waals surface area contributed by atoms with E-state index in [0.717, 1.165) is 55.8 Å². The number of aromatic nitrogens is 2. The summed E-state index contributed by atoms with van der Waals surface area (Å²) in [5.41, 5.74) is 11.2. The number of benzene rings is 1. The van der Waals surface area contributed by atoms with Crippen LogP contribution in [-0.4, -0.2) is 72.1 Å². The number of sulfonamides is 1. The predicted octanol–water partition coefficient (Wildman–Crippen LogP) is 4.18. The van der Waals surface area contributed by atoms with E-state index in [4.69, 9.17) is 17.3 Å². The lowest BCUT2D eigenvalue weighted by molar-refractivity contribution is 0.212. The van der Waals surface area contributed by atoms with Crippen LogP contribution in [0.2, 0.25) is 0 Å². The number of nitrogens with two attached hydrogens (primary N) is 1. The zero-order chi connectivity index (χ0) is 28.9. The van der Waals surface area contributed by atoms with Crippen LogP contribution in [-0.2, 0) is 10.0 Å². The third-order valence-corrected chi connectivity index (χ3v) is 9.83. The summed E-state index contributed by atoms with van der Waals surface area (Å²) in [5, 5.41) is 13.7. The van der Waals surface area contributed by atoms with Crippen LogP contribution in [0, 0.1) is 20.8 Å². The number of nitrogens with one attached hydrogen (secondary N) is 3. The summed E-state index contributed by atoms with van der Waals surface area (Å²) in [7, 11) is -3.06. The van der Waals surface area contributed by atoms with E-state index in [1.165, 1.54) is 17.3 Å². The van der Waals surface area contributed by atoms with Crippen LogP contribution < -0.4 is 16.4 Å². The molecular formula is C28H41ClN8O2S. The van der Waals surface area contributed by atoms with Crippen LogP contribution in [0.15, 0.2) is 46.8 Å². The molecule has 4 rings (SSSR count). The number of hydrogen-bond acceptors (Lipinski definition) is 7. The lowest BCUT2D eigenvalue weighted by Gasteiger charge is -2.34. The first-order valence-electron chi connectivity index (χ1n) is 13.8. The van der Waals surface area contributed by atoms with Crippen molar-refractivity contribution in [1.29, 1.82) is 0 Å². The Balaban J connectivity index is 1.32. The maximum absolute atomic E-state index is 12.3. The third-order valence-electron chi connectivity index (χ3n) is 7.57. The minimum Gasteiger partial charge on any atom is -0.403 e. The molecule has 2 aliphatic rings. The van der Waals surface area contributed by atoms with Crippen LogP contribution in [0.1, 0.15) is 54.0 Å². The van der Waals surface area contributed by atoms with Crippen molar-refractivity contribution in [3.8, 4) is 0 Å². The molecule has 5 N–H and O–H groups in total. The average Bonchev–Trinajstić information content (AvgIpc) is 3.28. The summed E-state index contributed by atoms with van der Waals surface area (Å²) >= 11 is 6.28. The summed E-state index contributed by atoms with van der Waals surface area (Å²) in [6, 6.07) is 6.21. The van der Waals surface area contributed by atoms with Crippen LogP contribution in [0.5, 0.6) is 0 Å². The minimum atomic E-state index is -3.06. The molecule has 0 radical (unpaired) electrons. The zero-order valence-electron chi connectivity index (χ0n) is 23.6. The van der Waals surface area contributed by atoms with E-state index in [9.17, 15) is 8.42 Å². The predicted molar refractivity (Wildman–Crippen MR) is 163 cm³/mol. The maximum Gasteiger partial charge on any atom is 0.214 e. The van der Waals surface area contributed by atoms with Crippen LogP contribution in [0.4, 0.5) is 11.5 Å². The van der Waals surface area contributed by atoms with E-state index in [1.807, 2.05) is 6.92 Å². The SMILES string of the molecule is C=C(NC(=Nc1cc(C)[nH]n1)/C(Cl)=C\N)Nc1cc(C)c(C2CCN(CCCS(=O)(=O)N3CCC3)CC2)cc1C. The van der Waals surface area contributed by atoms with E-state index in [1.54, 1.807) is 10.4 Å². The highest BCUT2D eigenvalue weighted by Crippen LogP contribution is 2.33. The fourth-order valence-corrected chi connectivity index (χ4v) is 6.83. The van der Waals surface area contributed by atoms with E-state index < -0.39 is 10.0 Å². The molecule has 2 fully saturated rings. The number of amidine groups is 1. The number of piperidine rings is 1. The van der Waals surface area contributed by atoms with Gasteiger partial charge in [0.15, 0.2) is 11.7 Å². The van der Waals surface area contributed by atoms with Crippen molar-refractivity contribution in [3.63, 3.8) is 0 Å². The topological polar surface area (TPSA) is 132 Å². The number of rotatable bonds is 11. The number of hydrogen-bond donors (Lipinski definition) is 4. The molecule has 0 atom stereocenters. The Morgan fingerprint density at radius 1 is 1.20 bits per heavy atom. The van der Waals surface area contributed by atoms with Gasteiger partial charge in [-0.25, -0.2) is 17.7 Å². The second-order valence-corrected chi connectivity index (χ2v) is 13.2. The zero-order valence-corrected chi connectivity index (χ0v) is 25.2. The highest BCUT2D eigenvalue weighted by molar-refractivity contribution is 7.89. The second-order valence-electron chi connectivity index (χ2n) is 10.7. The molecule has 2 saturated heterocycles. The van der Waals surface area contributed by atoms with Crippen LogP contribution in [0.3, 0.4) is 0 Å². The van der Waals surface area contributed by atoms with E-state index in [2.05, 4.69) is 63.3 Å². The Morgan fingerprint density at radius 3 is 2.52 bits per heavy atom. The monoisotopic (exact) mass is 588 g/mol. The first-order valence-corrected chi connectivity index (χ1v) is 15.8. The lowest BCUT2D eigenvalue weighted by Crippen LogP contribution is -2.43. The molecule has 10 nitrogen and oxygen atoms in total. The van der Waals surface area contributed by atoms with Crippen molar-refractivity contribution in [2.75, 3.05) is 43.8 Å². The molecule has 2 aliphatic heterocycles. The molecule has 0 spiro atoms. The van der Waals surface area contributed by atoms with Gasteiger partial charge in [-0.1, -0.05) is 24.2 Å². The molecule has 0 aliphatic carbocycles. The van der Waals surface area contributed by atoms with Crippen molar-refractivity contribution in [1.82, 2.24) is 24.7 Å². The molecule has 1 aromatic heterocycles. The number of H-pyrrole nitrogens is 1. The molecule has 0 saturated carbocycles. The van der Waals surface area contributed by atoms with Crippen LogP contribution >= 0.6 is 11.6 Å². The molecule has 40 heavy (non-hydrogen) atoms. The second kappa shape index (κ2) is 13.2. The Labute approximate surface area is 242 Å². The number of anilines is 1. The molecule has 2 aromatic rings. The number of nitrogens with zero attached hydrogens (tertiary/aromatic N) is 4. The largest absolute Gasteiger partial charge is 0.403 e. The maximum atomic E-state index is 12.3. The van der Waals surface area contributed by atoms with Crippen molar-refractivity contribution in [2.24, 2.45) is 10.7 Å². The van der Waals surface area contributed by atoms with Gasteiger partial charge in [0.25, 0.3) is 0 Å². The summed E-state index contributed by atoms with van der Waals surface area (Å²) in [4.78, 5) is 6.85. The summed E-state index contributed by atoms with van der Waals surface area (Å²) in [6.45, 7) is 14.4. The number of halogens is 1. The van der Waals surface area contributed by atoms with Gasteiger partial charge in [-0.15, -0.1) is 0 Å². The molecule has 0 amide bonds. The van der Waals surface area contributed by atoms with Crippen molar-refractivity contribution in [3.05, 3.63) is 64.2 Å². The number of likely N-dealkylation sites (tertiary alicyclic amines) is 1. The smallest absolute Gasteiger partial charge is 0.214 e. The fraction of sp³-hybridized carbons (Fsp3) is 0.500. The van der Waals surface area contributed by atoms with Gasteiger partial charge in [-0.05, 0) is 94.8 Å². The van der Waals surface area contributed by atoms with Gasteiger partial charge in [0.05, 0.1) is 10.8 Å². The standard InChI is InChI=1S/C28H41ClN8O2S/c1-19-16-26(31-22(4)32-28(25(29)18-30)33-27-17-21(3)34-35-27)20(2)15-24(19)23-7-12-36(13-8-23)9-6-14-40(38,39)37-10-5-11-37/h15-18,23,31H,4-14,30H2,1-3H3,(H2,32,33,34,35)/b25-18+.